The molecular formula is C12H12ClN3. The molecule has 3 nitrogen and oxygen atoms in total. The Morgan fingerprint density at radius 1 is 0.812 bits per heavy atom. The molecule has 0 amide bonds. The van der Waals surface area contributed by atoms with Gasteiger partial charge in [0, 0.05) is 23.2 Å². The molecule has 3 rings (SSSR count). The van der Waals surface area contributed by atoms with Gasteiger partial charge in [-0.05, 0) is 24.3 Å². The van der Waals surface area contributed by atoms with Gasteiger partial charge in [-0.3, -0.25) is 9.97 Å². The van der Waals surface area contributed by atoms with Gasteiger partial charge < -0.3 is 6.15 Å². The van der Waals surface area contributed by atoms with Gasteiger partial charge in [0.15, 0.2) is 0 Å². The minimum absolute atomic E-state index is 0. The highest BCUT2D eigenvalue weighted by Gasteiger charge is 1.99. The molecule has 0 unspecified atom stereocenters. The number of aromatic nitrogens is 2. The Labute approximate surface area is 99.5 Å². The molecule has 1 aromatic carbocycles. The Balaban J connectivity index is 0.000000640. The largest absolute Gasteiger partial charge is 0.344 e. The molecule has 2 aromatic heterocycles. The van der Waals surface area contributed by atoms with Crippen molar-refractivity contribution in [1.29, 1.82) is 0 Å². The van der Waals surface area contributed by atoms with Gasteiger partial charge in [0.05, 0.1) is 11.0 Å². The van der Waals surface area contributed by atoms with Gasteiger partial charge in [-0.2, -0.15) is 0 Å². The van der Waals surface area contributed by atoms with E-state index in [0.29, 0.717) is 0 Å². The molecule has 0 fully saturated rings. The second-order valence-electron chi connectivity index (χ2n) is 3.21. The first-order chi connectivity index (χ1) is 6.95. The number of pyridine rings is 2. The van der Waals surface area contributed by atoms with Crippen molar-refractivity contribution in [2.24, 2.45) is 0 Å². The number of fused-ring (bicyclic) bond motifs is 3. The smallest absolute Gasteiger partial charge is 0.0795 e. The Morgan fingerprint density at radius 2 is 1.56 bits per heavy atom. The highest BCUT2D eigenvalue weighted by atomic mass is 35.5. The summed E-state index contributed by atoms with van der Waals surface area (Å²) in [5, 5.41) is 2.28. The average Bonchev–Trinajstić information content (AvgIpc) is 2.29. The fourth-order valence-electron chi connectivity index (χ4n) is 1.70. The minimum atomic E-state index is 0. The number of nitrogens with zero attached hydrogens (tertiary/aromatic N) is 2. The predicted octanol–water partition coefficient (Wildman–Crippen LogP) is 3.37. The van der Waals surface area contributed by atoms with Crippen molar-refractivity contribution in [2.75, 3.05) is 0 Å². The monoisotopic (exact) mass is 233 g/mol. The van der Waals surface area contributed by atoms with Crippen LogP contribution in [-0.4, -0.2) is 9.97 Å². The van der Waals surface area contributed by atoms with Crippen LogP contribution in [0.2, 0.25) is 0 Å². The van der Waals surface area contributed by atoms with Gasteiger partial charge in [0.2, 0.25) is 0 Å². The van der Waals surface area contributed by atoms with Gasteiger partial charge in [-0.15, -0.1) is 12.4 Å². The Hall–Kier alpha value is -1.71. The molecule has 16 heavy (non-hydrogen) atoms. The molecule has 0 saturated carbocycles. The molecule has 0 aliphatic rings. The molecule has 0 aliphatic carbocycles. The molecule has 0 bridgehead atoms. The van der Waals surface area contributed by atoms with Crippen LogP contribution >= 0.6 is 12.4 Å². The second-order valence-corrected chi connectivity index (χ2v) is 3.21. The highest BCUT2D eigenvalue weighted by Crippen LogP contribution is 2.20. The first-order valence-electron chi connectivity index (χ1n) is 4.53. The first-order valence-corrected chi connectivity index (χ1v) is 4.53. The number of hydrogen-bond donors (Lipinski definition) is 1. The first kappa shape index (κ1) is 12.4. The maximum absolute atomic E-state index is 4.37. The van der Waals surface area contributed by atoms with Crippen molar-refractivity contribution in [3.63, 3.8) is 0 Å². The standard InChI is InChI=1S/C12H8N2.ClH.H3N/c1-3-9-5-6-11-10(4-2-7-13-11)12(9)14-8-1;;/h1-8H;1H;1H3. The fourth-order valence-corrected chi connectivity index (χ4v) is 1.70. The molecule has 0 spiro atoms. The SMILES string of the molecule is Cl.N.c1cnc2c(c1)ccc1ncccc12. The summed E-state index contributed by atoms with van der Waals surface area (Å²) in [5.74, 6) is 0. The van der Waals surface area contributed by atoms with E-state index in [9.17, 15) is 0 Å². The van der Waals surface area contributed by atoms with Crippen LogP contribution in [0.5, 0.6) is 0 Å². The lowest BCUT2D eigenvalue weighted by atomic mass is 10.1. The zero-order valence-corrected chi connectivity index (χ0v) is 9.45. The number of halogens is 1. The average molecular weight is 234 g/mol. The minimum Gasteiger partial charge on any atom is -0.344 e. The third-order valence-electron chi connectivity index (χ3n) is 2.35. The van der Waals surface area contributed by atoms with E-state index < -0.39 is 0 Å². The highest BCUT2D eigenvalue weighted by molar-refractivity contribution is 6.03. The van der Waals surface area contributed by atoms with E-state index in [1.165, 1.54) is 0 Å². The maximum atomic E-state index is 4.37. The van der Waals surface area contributed by atoms with Crippen LogP contribution in [0.15, 0.2) is 48.8 Å². The van der Waals surface area contributed by atoms with Gasteiger partial charge in [0.25, 0.3) is 0 Å². The quantitative estimate of drug-likeness (QED) is 0.606. The van der Waals surface area contributed by atoms with E-state index in [1.54, 1.807) is 6.20 Å². The van der Waals surface area contributed by atoms with Gasteiger partial charge >= 0.3 is 0 Å². The summed E-state index contributed by atoms with van der Waals surface area (Å²) in [6.07, 6.45) is 3.62. The summed E-state index contributed by atoms with van der Waals surface area (Å²) in [7, 11) is 0. The number of hydrogen-bond acceptors (Lipinski definition) is 3. The number of rotatable bonds is 0. The second kappa shape index (κ2) is 4.88. The van der Waals surface area contributed by atoms with E-state index in [2.05, 4.69) is 28.2 Å². The van der Waals surface area contributed by atoms with Crippen molar-refractivity contribution >= 4 is 34.2 Å². The zero-order chi connectivity index (χ0) is 9.38. The molecule has 4 heteroatoms. The topological polar surface area (TPSA) is 60.8 Å². The molecule has 0 radical (unpaired) electrons. The van der Waals surface area contributed by atoms with Crippen molar-refractivity contribution < 1.29 is 0 Å². The Kier molecular flexibility index (Phi) is 3.77. The van der Waals surface area contributed by atoms with Crippen molar-refractivity contribution in [3.05, 3.63) is 48.8 Å². The lowest BCUT2D eigenvalue weighted by Crippen LogP contribution is -1.82. The van der Waals surface area contributed by atoms with Gasteiger partial charge in [-0.1, -0.05) is 12.1 Å². The van der Waals surface area contributed by atoms with Crippen molar-refractivity contribution in [2.45, 2.75) is 0 Å². The van der Waals surface area contributed by atoms with Crippen LogP contribution in [0.25, 0.3) is 21.8 Å². The van der Waals surface area contributed by atoms with Crippen molar-refractivity contribution in [3.8, 4) is 0 Å². The molecule has 82 valence electrons. The Morgan fingerprint density at radius 3 is 2.44 bits per heavy atom. The van der Waals surface area contributed by atoms with E-state index in [4.69, 9.17) is 0 Å². The van der Waals surface area contributed by atoms with E-state index >= 15 is 0 Å². The maximum Gasteiger partial charge on any atom is 0.0795 e. The molecule has 3 aromatic rings. The Bertz CT molecular complexity index is 555. The summed E-state index contributed by atoms with van der Waals surface area (Å²) in [4.78, 5) is 8.66. The molecule has 0 aliphatic heterocycles. The molecule has 2 heterocycles. The van der Waals surface area contributed by atoms with Crippen LogP contribution < -0.4 is 6.15 Å². The van der Waals surface area contributed by atoms with E-state index in [0.717, 1.165) is 21.8 Å². The third kappa shape index (κ3) is 1.83. The lowest BCUT2D eigenvalue weighted by molar-refractivity contribution is 1.39. The van der Waals surface area contributed by atoms with E-state index in [-0.39, 0.29) is 18.6 Å². The van der Waals surface area contributed by atoms with Crippen LogP contribution in [0.4, 0.5) is 0 Å². The summed E-state index contributed by atoms with van der Waals surface area (Å²) in [6, 6.07) is 12.1. The molecule has 0 atom stereocenters. The van der Waals surface area contributed by atoms with Crippen LogP contribution in [0.3, 0.4) is 0 Å². The van der Waals surface area contributed by atoms with Gasteiger partial charge in [0.1, 0.15) is 0 Å². The fraction of sp³-hybridized carbons (Fsp3) is 0. The predicted molar refractivity (Wildman–Crippen MR) is 69.3 cm³/mol. The molecule has 0 saturated heterocycles. The summed E-state index contributed by atoms with van der Waals surface area (Å²) >= 11 is 0. The molecule has 3 N–H and O–H groups in total. The lowest BCUT2D eigenvalue weighted by Gasteiger charge is -2.00. The summed E-state index contributed by atoms with van der Waals surface area (Å²) in [5.41, 5.74) is 2.02. The molecular weight excluding hydrogens is 222 g/mol. The van der Waals surface area contributed by atoms with Crippen molar-refractivity contribution in [1.82, 2.24) is 16.1 Å². The van der Waals surface area contributed by atoms with Crippen LogP contribution in [-0.2, 0) is 0 Å². The van der Waals surface area contributed by atoms with Crippen LogP contribution in [0.1, 0.15) is 0 Å². The van der Waals surface area contributed by atoms with E-state index in [1.807, 2.05) is 24.4 Å². The van der Waals surface area contributed by atoms with Crippen LogP contribution in [0, 0.1) is 0 Å². The number of benzene rings is 1. The zero-order valence-electron chi connectivity index (χ0n) is 8.63. The van der Waals surface area contributed by atoms with Gasteiger partial charge in [-0.25, -0.2) is 0 Å². The third-order valence-corrected chi connectivity index (χ3v) is 2.35. The normalized spacial score (nSPS) is 9.50. The summed E-state index contributed by atoms with van der Waals surface area (Å²) < 4.78 is 0. The summed E-state index contributed by atoms with van der Waals surface area (Å²) in [6.45, 7) is 0.